The van der Waals surface area contributed by atoms with Gasteiger partial charge in [-0.2, -0.15) is 0 Å². The normalized spacial score (nSPS) is 25.3. The van der Waals surface area contributed by atoms with E-state index in [0.29, 0.717) is 81.6 Å². The number of likely N-dealkylation sites (tertiary alicyclic amines) is 7. The summed E-state index contributed by atoms with van der Waals surface area (Å²) in [6, 6.07) is 1.22. The second kappa shape index (κ2) is 32.2. The first kappa shape index (κ1) is 74.0. The van der Waals surface area contributed by atoms with E-state index in [1.807, 2.05) is 29.4 Å². The van der Waals surface area contributed by atoms with Crippen LogP contribution in [0.1, 0.15) is 141 Å². The molecule has 0 aromatic rings. The molecule has 0 bridgehead atoms. The van der Waals surface area contributed by atoms with Crippen LogP contribution in [-0.4, -0.2) is 175 Å². The molecule has 470 valence electrons. The second-order valence-corrected chi connectivity index (χ2v) is 25.3. The van der Waals surface area contributed by atoms with Crippen LogP contribution in [0.25, 0.3) is 0 Å². The maximum atomic E-state index is 10.8. The van der Waals surface area contributed by atoms with Gasteiger partial charge in [0.1, 0.15) is 0 Å². The summed E-state index contributed by atoms with van der Waals surface area (Å²) in [4.78, 5) is 88.3. The maximum absolute atomic E-state index is 10.8. The fraction of sp³-hybridized carbons (Fsp3) is 0.656. The molecule has 7 atom stereocenters. The van der Waals surface area contributed by atoms with Gasteiger partial charge in [0.25, 0.3) is 0 Å². The van der Waals surface area contributed by atoms with Crippen molar-refractivity contribution in [3.8, 4) is 0 Å². The molecule has 83 heavy (non-hydrogen) atoms. The Hall–Kier alpha value is -6.97. The molecule has 7 fully saturated rings. The fourth-order valence-corrected chi connectivity index (χ4v) is 11.3. The first-order chi connectivity index (χ1) is 37.9. The van der Waals surface area contributed by atoms with Crippen molar-refractivity contribution in [2.45, 2.75) is 176 Å². The van der Waals surface area contributed by atoms with Gasteiger partial charge in [0.2, 0.25) is 41.4 Å². The molecule has 0 aliphatic carbocycles. The average Bonchev–Trinajstić information content (AvgIpc) is 4.38. The van der Waals surface area contributed by atoms with Crippen LogP contribution in [0, 0.1) is 23.2 Å². The molecule has 7 aliphatic rings. The zero-order valence-corrected chi connectivity index (χ0v) is 52.7. The molecule has 7 heterocycles. The van der Waals surface area contributed by atoms with Gasteiger partial charge in [0.05, 0.1) is 51.9 Å². The summed E-state index contributed by atoms with van der Waals surface area (Å²) < 4.78 is 0. The quantitative estimate of drug-likeness (QED) is 0.123. The number of rotatable bonds is 14. The number of carbonyl (C=O) groups excluding carboxylic acids is 7. The number of hydrogen-bond acceptors (Lipinski definition) is 15. The van der Waals surface area contributed by atoms with Crippen LogP contribution in [0.4, 0.5) is 0 Å². The average molecular weight is 1170 g/mol. The number of hydrogen-bond donors (Lipinski definition) is 8. The minimum Gasteiger partial charge on any atom is -0.391 e. The number of aliphatic hydroxyl groups excluding tert-OH is 1. The lowest BCUT2D eigenvalue weighted by Gasteiger charge is -2.32. The Balaban J connectivity index is 0.000000484. The van der Waals surface area contributed by atoms with Crippen molar-refractivity contribution in [1.29, 1.82) is 0 Å². The van der Waals surface area contributed by atoms with E-state index < -0.39 is 0 Å². The van der Waals surface area contributed by atoms with E-state index in [1.54, 1.807) is 4.90 Å². The fourth-order valence-electron chi connectivity index (χ4n) is 11.3. The van der Waals surface area contributed by atoms with Gasteiger partial charge >= 0.3 is 0 Å². The minimum atomic E-state index is -0.389. The molecule has 0 spiro atoms. The summed E-state index contributed by atoms with van der Waals surface area (Å²) in [6.07, 6.45) is 8.42. The van der Waals surface area contributed by atoms with Crippen molar-refractivity contribution >= 4 is 41.4 Å². The standard InChI is InChI=1S/C10H18N2O.4C9H16N2O.C8H14N2O.C7H12N2O2/c1-7-5-10(3,4)12(8(7)2)6-9(11)13;2*1-6-4-7(2)11(8(6)3)5-9(10)12;1-7-9(2,3)4-5-11(7)6-8(10)12;1-7-4-5-9(2,3)11(7)6-8(10)12;1-6-3-4-7(2)10(6)5-8(9)11;1-5-2-6(10)3-9(5)4-7(8)11/h7H,2,5-6H2,1,3-4H3,(H2,11,13);6-7H,3-5H2,1-2H3,(H2,10,12);6,8H,2,4-5H2,1,3H3,(H2,10,12);2*1,4-6H2,2-3H3,(H2,10,12);7H,1,3-5H2,2H3,(H2,9,11);6,10H,1-4H2,(H2,8,11). The molecule has 0 aromatic heterocycles. The predicted molar refractivity (Wildman–Crippen MR) is 330 cm³/mol. The Morgan fingerprint density at radius 3 is 1.30 bits per heavy atom. The first-order valence-electron chi connectivity index (χ1n) is 28.7. The van der Waals surface area contributed by atoms with Crippen molar-refractivity contribution in [2.75, 3.05) is 58.9 Å². The highest BCUT2D eigenvalue weighted by atomic mass is 16.3. The lowest BCUT2D eigenvalue weighted by molar-refractivity contribution is -0.120. The van der Waals surface area contributed by atoms with Gasteiger partial charge in [0.15, 0.2) is 0 Å². The molecule has 7 saturated heterocycles. The van der Waals surface area contributed by atoms with E-state index >= 15 is 0 Å². The third-order valence-corrected chi connectivity index (χ3v) is 16.6. The van der Waals surface area contributed by atoms with Crippen LogP contribution in [0.15, 0.2) is 85.9 Å². The molecular formula is C61H108N14O8. The molecule has 7 amide bonds. The molecule has 0 radical (unpaired) electrons. The summed E-state index contributed by atoms with van der Waals surface area (Å²) in [7, 11) is 0. The Morgan fingerprint density at radius 2 is 0.964 bits per heavy atom. The lowest BCUT2D eigenvalue weighted by atomic mass is 9.90. The number of β-amino-alcohol motifs (C(OH)–C–C–N with tert-alkyl or cyclic N) is 1. The van der Waals surface area contributed by atoms with Gasteiger partial charge in [-0.3, -0.25) is 33.6 Å². The predicted octanol–water partition coefficient (Wildman–Crippen LogP) is 3.64. The summed E-state index contributed by atoms with van der Waals surface area (Å²) in [5, 5.41) is 9.13. The lowest BCUT2D eigenvalue weighted by Crippen LogP contribution is -2.42. The number of nitrogens with zero attached hydrogens (tertiary/aromatic N) is 7. The van der Waals surface area contributed by atoms with E-state index in [1.165, 1.54) is 0 Å². The molecule has 7 unspecified atom stereocenters. The monoisotopic (exact) mass is 1160 g/mol. The van der Waals surface area contributed by atoms with Gasteiger partial charge in [0, 0.05) is 94.0 Å². The molecular weight excluding hydrogens is 1060 g/mol. The SMILES string of the molecule is C=C1C(C)CC(C)(C)N1CC(N)=O.C=C1C(C)CC(C)N1CC(N)=O.C=C1CC(C)C(C)N1CC(N)=O.C=C1CC(O)CN1CC(N)=O.C=C1CCC(C)(C)N1CC(N)=O.C=C1CCC(C)N1CC(N)=O.C=C1N(CC(N)=O)CCC1(C)C. The number of amides is 7. The molecule has 7 rings (SSSR count). The van der Waals surface area contributed by atoms with E-state index in [-0.39, 0.29) is 77.0 Å². The van der Waals surface area contributed by atoms with Gasteiger partial charge in [-0.05, 0) is 118 Å². The van der Waals surface area contributed by atoms with Crippen molar-refractivity contribution in [1.82, 2.24) is 34.3 Å². The number of allylic oxidation sites excluding steroid dienone is 6. The molecule has 0 saturated carbocycles. The number of carbonyl (C=O) groups is 7. The van der Waals surface area contributed by atoms with E-state index in [0.717, 1.165) is 97.8 Å². The molecule has 15 N–H and O–H groups in total. The summed E-state index contributed by atoms with van der Waals surface area (Å²) in [5.74, 6) is -0.566. The van der Waals surface area contributed by atoms with Gasteiger partial charge in [-0.15, -0.1) is 0 Å². The highest BCUT2D eigenvalue weighted by Gasteiger charge is 2.40. The first-order valence-corrected chi connectivity index (χ1v) is 28.7. The molecule has 22 heteroatoms. The Kier molecular flexibility index (Phi) is 28.7. The summed E-state index contributed by atoms with van der Waals surface area (Å²) in [6.45, 7) is 56.0. The molecule has 22 nitrogen and oxygen atoms in total. The zero-order chi connectivity index (χ0) is 64.4. The van der Waals surface area contributed by atoms with Crippen LogP contribution < -0.4 is 40.1 Å². The van der Waals surface area contributed by atoms with Gasteiger partial charge in [-0.1, -0.05) is 80.7 Å². The topological polar surface area (TPSA) is 345 Å². The number of aliphatic hydroxyl groups is 1. The Labute approximate surface area is 496 Å². The Bertz CT molecular complexity index is 2380. The zero-order valence-electron chi connectivity index (χ0n) is 52.7. The van der Waals surface area contributed by atoms with E-state index in [9.17, 15) is 33.6 Å². The minimum absolute atomic E-state index is 0.0194. The van der Waals surface area contributed by atoms with Crippen molar-refractivity contribution in [2.24, 2.45) is 63.3 Å². The van der Waals surface area contributed by atoms with Crippen LogP contribution in [0.2, 0.25) is 0 Å². The van der Waals surface area contributed by atoms with E-state index in [2.05, 4.69) is 129 Å². The van der Waals surface area contributed by atoms with Crippen molar-refractivity contribution < 1.29 is 38.7 Å². The van der Waals surface area contributed by atoms with Gasteiger partial charge in [-0.25, -0.2) is 0 Å². The van der Waals surface area contributed by atoms with Crippen LogP contribution in [0.3, 0.4) is 0 Å². The van der Waals surface area contributed by atoms with Gasteiger partial charge < -0.3 is 79.5 Å². The Morgan fingerprint density at radius 1 is 0.494 bits per heavy atom. The molecule has 0 aromatic carbocycles. The second-order valence-electron chi connectivity index (χ2n) is 25.3. The smallest absolute Gasteiger partial charge is 0.236 e. The summed E-state index contributed by atoms with van der Waals surface area (Å²) >= 11 is 0. The highest BCUT2D eigenvalue weighted by molar-refractivity contribution is 5.78. The highest BCUT2D eigenvalue weighted by Crippen LogP contribution is 2.40. The third-order valence-electron chi connectivity index (χ3n) is 16.6. The molecule has 7 aliphatic heterocycles. The number of nitrogens with two attached hydrogens (primary N) is 7. The van der Waals surface area contributed by atoms with Crippen LogP contribution in [-0.2, 0) is 33.6 Å². The van der Waals surface area contributed by atoms with Crippen LogP contribution in [0.5, 0.6) is 0 Å². The largest absolute Gasteiger partial charge is 0.391 e. The third kappa shape index (κ3) is 24.0. The van der Waals surface area contributed by atoms with Crippen molar-refractivity contribution in [3.63, 3.8) is 0 Å². The van der Waals surface area contributed by atoms with Crippen molar-refractivity contribution in [3.05, 3.63) is 85.9 Å². The van der Waals surface area contributed by atoms with E-state index in [4.69, 9.17) is 45.2 Å². The maximum Gasteiger partial charge on any atom is 0.236 e. The van der Waals surface area contributed by atoms with Crippen LogP contribution >= 0.6 is 0 Å². The number of primary amides is 7. The summed E-state index contributed by atoms with van der Waals surface area (Å²) in [5.41, 5.74) is 42.9.